The van der Waals surface area contributed by atoms with Gasteiger partial charge in [-0.25, -0.2) is 4.57 Å². The standard InChI is InChI=1S/C52H75O6P/c1-39(2)17-11-19-41(5)21-13-23-43(7)25-15-33-51(9)35-31-45-37-47(27-29-49(45)55-51)57-59(53,54)58-48-28-30-50-46(38-48)32-36-52(10,56-50)34-16-26-44(8)24-14-22-42(6)20-12-18-40(3)4/h17-18,21-22,25-30,37-38H,11-16,19-20,23-24,31-36H2,1-10H3,(H,53,54)/b41-21+,42-22+,43-25+,44-26+. The molecule has 2 atom stereocenters. The molecule has 0 spiro atoms. The van der Waals surface area contributed by atoms with Crippen LogP contribution in [0, 0.1) is 0 Å². The Morgan fingerprint density at radius 2 is 0.915 bits per heavy atom. The number of hydrogen-bond acceptors (Lipinski definition) is 5. The quantitative estimate of drug-likeness (QED) is 0.0941. The summed E-state index contributed by atoms with van der Waals surface area (Å²) < 4.78 is 37.3. The molecule has 0 radical (unpaired) electrons. The summed E-state index contributed by atoms with van der Waals surface area (Å²) >= 11 is 0. The van der Waals surface area contributed by atoms with Crippen LogP contribution < -0.4 is 18.5 Å². The van der Waals surface area contributed by atoms with E-state index >= 15 is 0 Å². The third-order valence-electron chi connectivity index (χ3n) is 11.6. The molecule has 0 saturated carbocycles. The highest BCUT2D eigenvalue weighted by Gasteiger charge is 2.34. The van der Waals surface area contributed by atoms with E-state index in [4.69, 9.17) is 18.5 Å². The Labute approximate surface area is 358 Å². The first-order chi connectivity index (χ1) is 27.9. The van der Waals surface area contributed by atoms with Gasteiger partial charge in [-0.3, -0.25) is 4.89 Å². The molecule has 0 saturated heterocycles. The Morgan fingerprint density at radius 1 is 0.576 bits per heavy atom. The SMILES string of the molecule is CC(C)=CCC/C(C)=C/CC/C(C)=C/CCC1(C)CCc2cc(OP(=O)(O)Oc3ccc4c(c3)CCC(C)(CC/C=C(\C)CC/C=C(\C)CCC=C(C)C)O4)ccc2O1. The molecule has 7 heteroatoms. The van der Waals surface area contributed by atoms with Crippen LogP contribution in [0.5, 0.6) is 23.0 Å². The highest BCUT2D eigenvalue weighted by atomic mass is 31.2. The van der Waals surface area contributed by atoms with Crippen molar-refractivity contribution in [2.75, 3.05) is 0 Å². The molecule has 0 bridgehead atoms. The molecule has 4 rings (SSSR count). The second kappa shape index (κ2) is 22.8. The number of phosphoric ester groups is 1. The number of fused-ring (bicyclic) bond motifs is 2. The molecule has 324 valence electrons. The fourth-order valence-electron chi connectivity index (χ4n) is 7.81. The van der Waals surface area contributed by atoms with Gasteiger partial charge in [-0.2, -0.15) is 0 Å². The molecule has 2 aromatic carbocycles. The molecule has 2 heterocycles. The van der Waals surface area contributed by atoms with Gasteiger partial charge < -0.3 is 18.5 Å². The van der Waals surface area contributed by atoms with E-state index in [1.165, 1.54) is 33.4 Å². The van der Waals surface area contributed by atoms with E-state index in [1.54, 1.807) is 24.3 Å². The number of hydrogen-bond donors (Lipinski definition) is 1. The van der Waals surface area contributed by atoms with Gasteiger partial charge in [-0.05, 0) is 219 Å². The lowest BCUT2D eigenvalue weighted by molar-refractivity contribution is 0.0568. The van der Waals surface area contributed by atoms with Gasteiger partial charge in [0.15, 0.2) is 0 Å². The minimum atomic E-state index is -4.46. The number of benzene rings is 2. The van der Waals surface area contributed by atoms with Crippen molar-refractivity contribution in [2.45, 2.75) is 183 Å². The summed E-state index contributed by atoms with van der Waals surface area (Å²) in [6, 6.07) is 10.6. The van der Waals surface area contributed by atoms with Crippen LogP contribution in [0.3, 0.4) is 0 Å². The maximum atomic E-state index is 13.2. The van der Waals surface area contributed by atoms with Crippen molar-refractivity contribution in [3.63, 3.8) is 0 Å². The summed E-state index contributed by atoms with van der Waals surface area (Å²) in [7, 11) is -4.46. The molecule has 2 aliphatic heterocycles. The summed E-state index contributed by atoms with van der Waals surface area (Å²) in [4.78, 5) is 10.8. The largest absolute Gasteiger partial charge is 0.584 e. The van der Waals surface area contributed by atoms with E-state index in [0.29, 0.717) is 0 Å². The number of phosphoric acid groups is 1. The number of rotatable bonds is 22. The van der Waals surface area contributed by atoms with Crippen LogP contribution in [0.1, 0.15) is 170 Å². The molecule has 2 aliphatic rings. The van der Waals surface area contributed by atoms with Crippen LogP contribution in [0.25, 0.3) is 0 Å². The Hall–Kier alpha value is -3.73. The molecule has 0 fully saturated rings. The van der Waals surface area contributed by atoms with Crippen LogP contribution >= 0.6 is 7.82 Å². The van der Waals surface area contributed by atoms with Crippen molar-refractivity contribution in [1.82, 2.24) is 0 Å². The molecular weight excluding hydrogens is 752 g/mol. The van der Waals surface area contributed by atoms with Gasteiger partial charge in [0, 0.05) is 0 Å². The van der Waals surface area contributed by atoms with E-state index in [-0.39, 0.29) is 22.7 Å². The summed E-state index contributed by atoms with van der Waals surface area (Å²) in [6.07, 6.45) is 30.0. The molecule has 0 aromatic heterocycles. The van der Waals surface area contributed by atoms with E-state index in [9.17, 15) is 9.46 Å². The van der Waals surface area contributed by atoms with Gasteiger partial charge in [0.25, 0.3) is 0 Å². The molecule has 0 aliphatic carbocycles. The summed E-state index contributed by atoms with van der Waals surface area (Å²) in [6.45, 7) is 21.9. The molecule has 2 aromatic rings. The van der Waals surface area contributed by atoms with Crippen LogP contribution in [-0.4, -0.2) is 16.1 Å². The summed E-state index contributed by atoms with van der Waals surface area (Å²) in [5.74, 6) is 2.16. The number of allylic oxidation sites excluding steroid dienone is 12. The molecule has 2 unspecified atom stereocenters. The smallest absolute Gasteiger partial charge is 0.487 e. The van der Waals surface area contributed by atoms with Crippen molar-refractivity contribution in [3.05, 3.63) is 117 Å². The van der Waals surface area contributed by atoms with Crippen LogP contribution in [0.2, 0.25) is 0 Å². The van der Waals surface area contributed by atoms with Gasteiger partial charge in [0.2, 0.25) is 0 Å². The second-order valence-electron chi connectivity index (χ2n) is 18.3. The Morgan fingerprint density at radius 3 is 1.27 bits per heavy atom. The van der Waals surface area contributed by atoms with Gasteiger partial charge in [0.1, 0.15) is 34.2 Å². The first-order valence-electron chi connectivity index (χ1n) is 22.2. The number of aryl methyl sites for hydroxylation is 2. The zero-order chi connectivity index (χ0) is 43.1. The van der Waals surface area contributed by atoms with E-state index < -0.39 is 7.82 Å². The van der Waals surface area contributed by atoms with Crippen molar-refractivity contribution in [1.29, 1.82) is 0 Å². The number of ether oxygens (including phenoxy) is 2. The molecule has 59 heavy (non-hydrogen) atoms. The monoisotopic (exact) mass is 827 g/mol. The zero-order valence-corrected chi connectivity index (χ0v) is 39.1. The maximum absolute atomic E-state index is 13.2. The Bertz CT molecular complexity index is 1800. The van der Waals surface area contributed by atoms with Gasteiger partial charge in [0.05, 0.1) is 0 Å². The van der Waals surface area contributed by atoms with Crippen molar-refractivity contribution in [2.24, 2.45) is 0 Å². The minimum Gasteiger partial charge on any atom is -0.487 e. The van der Waals surface area contributed by atoms with Crippen molar-refractivity contribution >= 4 is 7.82 Å². The first-order valence-corrected chi connectivity index (χ1v) is 23.7. The van der Waals surface area contributed by atoms with E-state index in [0.717, 1.165) is 125 Å². The predicted octanol–water partition coefficient (Wildman–Crippen LogP) is 15.8. The molecule has 6 nitrogen and oxygen atoms in total. The lowest BCUT2D eigenvalue weighted by Gasteiger charge is -2.36. The Kier molecular flexibility index (Phi) is 18.5. The summed E-state index contributed by atoms with van der Waals surface area (Å²) in [5.41, 5.74) is 9.93. The highest BCUT2D eigenvalue weighted by Crippen LogP contribution is 2.48. The van der Waals surface area contributed by atoms with E-state index in [1.807, 2.05) is 12.1 Å². The van der Waals surface area contributed by atoms with Crippen molar-refractivity contribution < 1.29 is 28.0 Å². The van der Waals surface area contributed by atoms with Gasteiger partial charge in [-0.1, -0.05) is 69.9 Å². The average molecular weight is 827 g/mol. The third-order valence-corrected chi connectivity index (χ3v) is 12.5. The lowest BCUT2D eigenvalue weighted by atomic mass is 9.88. The van der Waals surface area contributed by atoms with E-state index in [2.05, 4.69) is 106 Å². The minimum absolute atomic E-state index is 0.269. The topological polar surface area (TPSA) is 74.2 Å². The molecule has 0 amide bonds. The lowest BCUT2D eigenvalue weighted by Crippen LogP contribution is -2.36. The predicted molar refractivity (Wildman–Crippen MR) is 248 cm³/mol. The second-order valence-corrected chi connectivity index (χ2v) is 19.6. The third kappa shape index (κ3) is 17.4. The van der Waals surface area contributed by atoms with Gasteiger partial charge >= 0.3 is 7.82 Å². The summed E-state index contributed by atoms with van der Waals surface area (Å²) in [5, 5.41) is 0. The zero-order valence-electron chi connectivity index (χ0n) is 38.2. The van der Waals surface area contributed by atoms with Crippen molar-refractivity contribution in [3.8, 4) is 23.0 Å². The van der Waals surface area contributed by atoms with Crippen LogP contribution in [-0.2, 0) is 17.4 Å². The maximum Gasteiger partial charge on any atom is 0.584 e. The fraction of sp³-hybridized carbons (Fsp3) is 0.538. The van der Waals surface area contributed by atoms with Crippen LogP contribution in [0.15, 0.2) is 106 Å². The normalized spacial score (nSPS) is 20.7. The van der Waals surface area contributed by atoms with Gasteiger partial charge in [-0.15, -0.1) is 0 Å². The van der Waals surface area contributed by atoms with Crippen LogP contribution in [0.4, 0.5) is 0 Å². The highest BCUT2D eigenvalue weighted by molar-refractivity contribution is 7.48. The molecular formula is C52H75O6P. The fourth-order valence-corrected chi connectivity index (χ4v) is 8.61. The molecule has 1 N–H and O–H groups in total. The first kappa shape index (κ1) is 47.9. The Balaban J connectivity index is 1.22. The average Bonchev–Trinajstić information content (AvgIpc) is 3.14.